The Balaban J connectivity index is 1.33. The summed E-state index contributed by atoms with van der Waals surface area (Å²) in [5.74, 6) is 1.19. The van der Waals surface area contributed by atoms with Crippen molar-refractivity contribution in [2.45, 2.75) is 19.4 Å². The number of hydrogen-bond acceptors (Lipinski definition) is 6. The molecule has 172 valence electrons. The van der Waals surface area contributed by atoms with Gasteiger partial charge < -0.3 is 19.3 Å². The minimum atomic E-state index is -0.733. The molecule has 3 aromatic carbocycles. The number of nitrogens with zero attached hydrogens (tertiary/aromatic N) is 1. The van der Waals surface area contributed by atoms with Crippen LogP contribution in [-0.2, 0) is 11.2 Å². The van der Waals surface area contributed by atoms with Crippen molar-refractivity contribution in [2.75, 3.05) is 13.2 Å². The number of aromatic nitrogens is 1. The molecule has 0 saturated carbocycles. The van der Waals surface area contributed by atoms with Crippen molar-refractivity contribution >= 4 is 16.9 Å². The highest BCUT2D eigenvalue weighted by Crippen LogP contribution is 2.39. The Kier molecular flexibility index (Phi) is 6.14. The Morgan fingerprint density at radius 1 is 1.06 bits per heavy atom. The van der Waals surface area contributed by atoms with Gasteiger partial charge in [0.05, 0.1) is 30.4 Å². The van der Waals surface area contributed by atoms with Gasteiger partial charge in [-0.3, -0.25) is 0 Å². The molecule has 6 heteroatoms. The van der Waals surface area contributed by atoms with E-state index in [2.05, 4.69) is 4.98 Å². The molecule has 1 N–H and O–H groups in total. The quantitative estimate of drug-likeness (QED) is 0.388. The molecule has 0 spiro atoms. The molecule has 2 heterocycles. The number of fused-ring (bicyclic) bond motifs is 2. The fourth-order valence-electron chi connectivity index (χ4n) is 4.23. The van der Waals surface area contributed by atoms with Crippen molar-refractivity contribution in [3.63, 3.8) is 0 Å². The van der Waals surface area contributed by atoms with Crippen molar-refractivity contribution in [1.82, 2.24) is 4.98 Å². The summed E-state index contributed by atoms with van der Waals surface area (Å²) in [4.78, 5) is 16.6. The van der Waals surface area contributed by atoms with Gasteiger partial charge in [0.25, 0.3) is 0 Å². The summed E-state index contributed by atoms with van der Waals surface area (Å²) in [7, 11) is 0. The lowest BCUT2D eigenvalue weighted by Crippen LogP contribution is -2.27. The number of hydrogen-bond donors (Lipinski definition) is 1. The summed E-state index contributed by atoms with van der Waals surface area (Å²) in [6.07, 6.45) is -0.173. The summed E-state index contributed by atoms with van der Waals surface area (Å²) in [6.45, 7) is 2.49. The Morgan fingerprint density at radius 2 is 1.94 bits per heavy atom. The van der Waals surface area contributed by atoms with E-state index in [4.69, 9.17) is 14.2 Å². The lowest BCUT2D eigenvalue weighted by atomic mass is 9.88. The fraction of sp³-hybridized carbons (Fsp3) is 0.214. The number of aliphatic hydroxyl groups is 1. The lowest BCUT2D eigenvalue weighted by molar-refractivity contribution is 0.0505. The molecule has 0 amide bonds. The molecule has 1 aliphatic heterocycles. The van der Waals surface area contributed by atoms with E-state index in [-0.39, 0.29) is 11.9 Å². The SMILES string of the molecule is CCOC(=O)c1cccc(CC2COc3ccc(Oc4ccc5ccccc5n4)cc3C2O)c1. The third-order valence-electron chi connectivity index (χ3n) is 5.93. The summed E-state index contributed by atoms with van der Waals surface area (Å²) in [5, 5.41) is 12.2. The number of para-hydroxylation sites is 1. The molecule has 34 heavy (non-hydrogen) atoms. The number of carbonyl (C=O) groups excluding carboxylic acids is 1. The van der Waals surface area contributed by atoms with Crippen molar-refractivity contribution < 1.29 is 24.1 Å². The number of esters is 1. The highest BCUT2D eigenvalue weighted by atomic mass is 16.5. The average Bonchev–Trinajstić information content (AvgIpc) is 2.86. The fourth-order valence-corrected chi connectivity index (χ4v) is 4.23. The van der Waals surface area contributed by atoms with Gasteiger partial charge >= 0.3 is 5.97 Å². The van der Waals surface area contributed by atoms with Crippen LogP contribution < -0.4 is 9.47 Å². The third-order valence-corrected chi connectivity index (χ3v) is 5.93. The molecule has 1 aromatic heterocycles. The van der Waals surface area contributed by atoms with Crippen LogP contribution >= 0.6 is 0 Å². The predicted molar refractivity (Wildman–Crippen MR) is 128 cm³/mol. The van der Waals surface area contributed by atoms with Crippen LogP contribution in [0.25, 0.3) is 10.9 Å². The number of benzene rings is 3. The first-order valence-corrected chi connectivity index (χ1v) is 11.3. The minimum absolute atomic E-state index is 0.168. The zero-order chi connectivity index (χ0) is 23.5. The van der Waals surface area contributed by atoms with Gasteiger partial charge in [0.1, 0.15) is 11.5 Å². The zero-order valence-electron chi connectivity index (χ0n) is 18.8. The molecule has 2 unspecified atom stereocenters. The first kappa shape index (κ1) is 21.9. The first-order valence-electron chi connectivity index (χ1n) is 11.3. The van der Waals surface area contributed by atoms with E-state index in [1.807, 2.05) is 66.7 Å². The zero-order valence-corrected chi connectivity index (χ0v) is 18.8. The molecular formula is C28H25NO5. The number of rotatable bonds is 6. The molecule has 0 bridgehead atoms. The van der Waals surface area contributed by atoms with Crippen LogP contribution in [0, 0.1) is 5.92 Å². The smallest absolute Gasteiger partial charge is 0.338 e. The van der Waals surface area contributed by atoms with E-state index < -0.39 is 6.10 Å². The summed E-state index contributed by atoms with van der Waals surface area (Å²) < 4.78 is 17.0. The van der Waals surface area contributed by atoms with Gasteiger partial charge in [0.15, 0.2) is 0 Å². The van der Waals surface area contributed by atoms with Crippen LogP contribution in [0.15, 0.2) is 78.9 Å². The molecule has 1 aliphatic rings. The van der Waals surface area contributed by atoms with Gasteiger partial charge in [0.2, 0.25) is 5.88 Å². The Labute approximate surface area is 197 Å². The van der Waals surface area contributed by atoms with E-state index >= 15 is 0 Å². The highest BCUT2D eigenvalue weighted by Gasteiger charge is 2.30. The largest absolute Gasteiger partial charge is 0.493 e. The van der Waals surface area contributed by atoms with E-state index in [9.17, 15) is 9.90 Å². The maximum absolute atomic E-state index is 12.1. The summed E-state index contributed by atoms with van der Waals surface area (Å²) >= 11 is 0. The van der Waals surface area contributed by atoms with Crippen LogP contribution in [-0.4, -0.2) is 29.3 Å². The Bertz CT molecular complexity index is 1340. The van der Waals surface area contributed by atoms with Gasteiger partial charge in [-0.25, -0.2) is 9.78 Å². The molecule has 5 rings (SSSR count). The molecule has 6 nitrogen and oxygen atoms in total. The van der Waals surface area contributed by atoms with Crippen LogP contribution in [0.4, 0.5) is 0 Å². The van der Waals surface area contributed by atoms with Crippen LogP contribution in [0.3, 0.4) is 0 Å². The normalized spacial score (nSPS) is 17.0. The average molecular weight is 456 g/mol. The predicted octanol–water partition coefficient (Wildman–Crippen LogP) is 5.49. The minimum Gasteiger partial charge on any atom is -0.493 e. The molecule has 0 saturated heterocycles. The monoisotopic (exact) mass is 455 g/mol. The van der Waals surface area contributed by atoms with Gasteiger partial charge in [-0.1, -0.05) is 30.3 Å². The van der Waals surface area contributed by atoms with Crippen molar-refractivity contribution in [3.8, 4) is 17.4 Å². The molecule has 0 aliphatic carbocycles. The van der Waals surface area contributed by atoms with Gasteiger partial charge in [-0.05, 0) is 61.4 Å². The number of pyridine rings is 1. The highest BCUT2D eigenvalue weighted by molar-refractivity contribution is 5.89. The molecular weight excluding hydrogens is 430 g/mol. The van der Waals surface area contributed by atoms with E-state index in [1.54, 1.807) is 19.1 Å². The number of carbonyl (C=O) groups is 1. The van der Waals surface area contributed by atoms with Gasteiger partial charge in [-0.15, -0.1) is 0 Å². The van der Waals surface area contributed by atoms with Crippen LogP contribution in [0.2, 0.25) is 0 Å². The second-order valence-corrected chi connectivity index (χ2v) is 8.28. The topological polar surface area (TPSA) is 77.9 Å². The Morgan fingerprint density at radius 3 is 2.82 bits per heavy atom. The molecule has 0 radical (unpaired) electrons. The molecule has 2 atom stereocenters. The third kappa shape index (κ3) is 4.58. The van der Waals surface area contributed by atoms with E-state index in [0.717, 1.165) is 16.5 Å². The van der Waals surface area contributed by atoms with Crippen molar-refractivity contribution in [2.24, 2.45) is 5.92 Å². The maximum atomic E-state index is 12.1. The number of aliphatic hydroxyl groups excluding tert-OH is 1. The Hall–Kier alpha value is -3.90. The van der Waals surface area contributed by atoms with Gasteiger partial charge in [-0.2, -0.15) is 0 Å². The lowest BCUT2D eigenvalue weighted by Gasteiger charge is -2.30. The first-order chi connectivity index (χ1) is 16.6. The second-order valence-electron chi connectivity index (χ2n) is 8.28. The van der Waals surface area contributed by atoms with Crippen molar-refractivity contribution in [3.05, 3.63) is 95.6 Å². The van der Waals surface area contributed by atoms with Crippen LogP contribution in [0.5, 0.6) is 17.4 Å². The number of ether oxygens (including phenoxy) is 3. The van der Waals surface area contributed by atoms with E-state index in [1.165, 1.54) is 0 Å². The summed E-state index contributed by atoms with van der Waals surface area (Å²) in [6, 6.07) is 24.4. The maximum Gasteiger partial charge on any atom is 0.338 e. The van der Waals surface area contributed by atoms with E-state index in [0.29, 0.717) is 48.1 Å². The summed E-state index contributed by atoms with van der Waals surface area (Å²) in [5.41, 5.74) is 2.97. The van der Waals surface area contributed by atoms with Crippen molar-refractivity contribution in [1.29, 1.82) is 0 Å². The second kappa shape index (κ2) is 9.53. The van der Waals surface area contributed by atoms with Gasteiger partial charge in [0, 0.05) is 22.9 Å². The molecule has 0 fully saturated rings. The standard InChI is InChI=1S/C28H25NO5/c1-2-32-28(31)20-8-5-6-18(14-20)15-21-17-33-25-12-11-22(16-23(25)27(21)30)34-26-13-10-19-7-3-4-9-24(19)29-26/h3-14,16,21,27,30H,2,15,17H2,1H3. The van der Waals surface area contributed by atoms with Crippen LogP contribution in [0.1, 0.15) is 34.5 Å². The molecule has 4 aromatic rings.